The lowest BCUT2D eigenvalue weighted by Gasteiger charge is -2.11. The number of carbonyl (C=O) groups is 2. The average Bonchev–Trinajstić information content (AvgIpc) is 3.17. The van der Waals surface area contributed by atoms with E-state index in [1.165, 1.54) is 0 Å². The second-order valence-corrected chi connectivity index (χ2v) is 6.22. The zero-order valence-electron chi connectivity index (χ0n) is 14.7. The number of hydrogen-bond donors (Lipinski definition) is 2. The Bertz CT molecular complexity index is 768. The van der Waals surface area contributed by atoms with Crippen molar-refractivity contribution in [1.29, 1.82) is 0 Å². The minimum absolute atomic E-state index is 0.0685. The summed E-state index contributed by atoms with van der Waals surface area (Å²) in [5, 5.41) is 5.58. The third kappa shape index (κ3) is 5.07. The highest BCUT2D eigenvalue weighted by Gasteiger charge is 2.23. The number of hydrogen-bond acceptors (Lipinski definition) is 4. The van der Waals surface area contributed by atoms with E-state index < -0.39 is 0 Å². The van der Waals surface area contributed by atoms with E-state index in [0.29, 0.717) is 23.7 Å². The quantitative estimate of drug-likeness (QED) is 0.836. The van der Waals surface area contributed by atoms with Crippen molar-refractivity contribution in [1.82, 2.24) is 0 Å². The number of benzene rings is 2. The van der Waals surface area contributed by atoms with Gasteiger partial charge in [-0.2, -0.15) is 0 Å². The van der Waals surface area contributed by atoms with Gasteiger partial charge in [-0.1, -0.05) is 12.1 Å². The minimum atomic E-state index is -0.367. The van der Waals surface area contributed by atoms with Gasteiger partial charge in [-0.3, -0.25) is 9.59 Å². The summed E-state index contributed by atoms with van der Waals surface area (Å²) in [6.45, 7) is 2.53. The smallest absolute Gasteiger partial charge is 0.262 e. The van der Waals surface area contributed by atoms with E-state index in [2.05, 4.69) is 10.6 Å². The summed E-state index contributed by atoms with van der Waals surface area (Å²) < 4.78 is 10.8. The van der Waals surface area contributed by atoms with Crippen molar-refractivity contribution in [3.8, 4) is 5.75 Å². The Balaban J connectivity index is 1.47. The molecule has 1 aliphatic heterocycles. The molecule has 0 spiro atoms. The second kappa shape index (κ2) is 8.49. The maximum Gasteiger partial charge on any atom is 0.262 e. The molecular formula is C20H22N2O4. The molecule has 1 saturated heterocycles. The molecule has 1 fully saturated rings. The zero-order chi connectivity index (χ0) is 18.4. The van der Waals surface area contributed by atoms with Crippen molar-refractivity contribution in [2.45, 2.75) is 25.9 Å². The first kappa shape index (κ1) is 17.9. The highest BCUT2D eigenvalue weighted by atomic mass is 16.5. The number of nitrogens with one attached hydrogen (secondary N) is 2. The van der Waals surface area contributed by atoms with Gasteiger partial charge in [-0.15, -0.1) is 0 Å². The van der Waals surface area contributed by atoms with Crippen LogP contribution in [0, 0.1) is 6.92 Å². The highest BCUT2D eigenvalue weighted by Crippen LogP contribution is 2.17. The summed E-state index contributed by atoms with van der Waals surface area (Å²) in [7, 11) is 0. The van der Waals surface area contributed by atoms with Crippen molar-refractivity contribution in [3.63, 3.8) is 0 Å². The number of rotatable bonds is 6. The molecule has 1 atom stereocenters. The minimum Gasteiger partial charge on any atom is -0.484 e. The average molecular weight is 354 g/mol. The fourth-order valence-corrected chi connectivity index (χ4v) is 2.70. The topological polar surface area (TPSA) is 76.7 Å². The second-order valence-electron chi connectivity index (χ2n) is 6.22. The van der Waals surface area contributed by atoms with Gasteiger partial charge in [0.05, 0.1) is 0 Å². The van der Waals surface area contributed by atoms with E-state index in [9.17, 15) is 9.59 Å². The van der Waals surface area contributed by atoms with Gasteiger partial charge in [0.15, 0.2) is 6.61 Å². The summed E-state index contributed by atoms with van der Waals surface area (Å²) in [4.78, 5) is 24.0. The number of anilines is 2. The van der Waals surface area contributed by atoms with Gasteiger partial charge in [0.2, 0.25) is 0 Å². The molecule has 0 saturated carbocycles. The van der Waals surface area contributed by atoms with Crippen LogP contribution in [0.2, 0.25) is 0 Å². The Morgan fingerprint density at radius 3 is 2.50 bits per heavy atom. The van der Waals surface area contributed by atoms with Crippen LogP contribution < -0.4 is 15.4 Å². The van der Waals surface area contributed by atoms with Crippen molar-refractivity contribution >= 4 is 23.2 Å². The Morgan fingerprint density at radius 2 is 1.85 bits per heavy atom. The monoisotopic (exact) mass is 354 g/mol. The van der Waals surface area contributed by atoms with Crippen LogP contribution in [-0.2, 0) is 14.3 Å². The molecule has 2 amide bonds. The van der Waals surface area contributed by atoms with Crippen molar-refractivity contribution < 1.29 is 19.1 Å². The molecule has 6 heteroatoms. The number of amides is 2. The lowest BCUT2D eigenvalue weighted by Crippen LogP contribution is -2.26. The van der Waals surface area contributed by atoms with E-state index in [4.69, 9.17) is 9.47 Å². The number of carbonyl (C=O) groups excluding carboxylic acids is 2. The van der Waals surface area contributed by atoms with Crippen LogP contribution in [0.5, 0.6) is 5.75 Å². The van der Waals surface area contributed by atoms with E-state index in [1.54, 1.807) is 24.3 Å². The summed E-state index contributed by atoms with van der Waals surface area (Å²) in [6.07, 6.45) is 1.29. The normalized spacial score (nSPS) is 16.1. The fourth-order valence-electron chi connectivity index (χ4n) is 2.70. The Labute approximate surface area is 152 Å². The molecule has 2 N–H and O–H groups in total. The van der Waals surface area contributed by atoms with Gasteiger partial charge in [-0.25, -0.2) is 0 Å². The van der Waals surface area contributed by atoms with Crippen LogP contribution in [-0.4, -0.2) is 31.1 Å². The summed E-state index contributed by atoms with van der Waals surface area (Å²) in [5.41, 5.74) is 2.38. The maximum absolute atomic E-state index is 12.0. The number of ether oxygens (including phenoxy) is 2. The van der Waals surface area contributed by atoms with E-state index >= 15 is 0 Å². The molecule has 1 aliphatic rings. The Morgan fingerprint density at radius 1 is 1.12 bits per heavy atom. The van der Waals surface area contributed by atoms with Crippen molar-refractivity contribution in [2.24, 2.45) is 0 Å². The molecule has 0 aliphatic carbocycles. The van der Waals surface area contributed by atoms with Crippen LogP contribution in [0.3, 0.4) is 0 Å². The molecule has 2 aromatic rings. The van der Waals surface area contributed by atoms with Crippen LogP contribution in [0.4, 0.5) is 11.4 Å². The zero-order valence-corrected chi connectivity index (χ0v) is 14.7. The van der Waals surface area contributed by atoms with E-state index in [0.717, 1.165) is 18.4 Å². The molecule has 0 aromatic heterocycles. The van der Waals surface area contributed by atoms with Gasteiger partial charge in [-0.05, 0) is 61.7 Å². The SMILES string of the molecule is Cc1cccc(OCC(=O)Nc2ccc(NC(=O)[C@H]3CCCO3)cc2)c1. The van der Waals surface area contributed by atoms with Crippen LogP contribution in [0.15, 0.2) is 48.5 Å². The van der Waals surface area contributed by atoms with Crippen molar-refractivity contribution in [3.05, 3.63) is 54.1 Å². The molecular weight excluding hydrogens is 332 g/mol. The first-order valence-electron chi connectivity index (χ1n) is 8.62. The predicted octanol–water partition coefficient (Wildman–Crippen LogP) is 3.13. The molecule has 6 nitrogen and oxygen atoms in total. The molecule has 0 bridgehead atoms. The Hall–Kier alpha value is -2.86. The molecule has 26 heavy (non-hydrogen) atoms. The Kier molecular flexibility index (Phi) is 5.86. The lowest BCUT2D eigenvalue weighted by molar-refractivity contribution is -0.124. The molecule has 0 radical (unpaired) electrons. The molecule has 136 valence electrons. The van der Waals surface area contributed by atoms with Crippen LogP contribution in [0.25, 0.3) is 0 Å². The molecule has 0 unspecified atom stereocenters. The lowest BCUT2D eigenvalue weighted by atomic mass is 10.2. The predicted molar refractivity (Wildman–Crippen MR) is 99.3 cm³/mol. The van der Waals surface area contributed by atoms with E-state index in [1.807, 2.05) is 31.2 Å². The van der Waals surface area contributed by atoms with Gasteiger partial charge >= 0.3 is 0 Å². The maximum atomic E-state index is 12.0. The van der Waals surface area contributed by atoms with E-state index in [-0.39, 0.29) is 24.5 Å². The first-order chi connectivity index (χ1) is 12.6. The standard InChI is InChI=1S/C20H22N2O4/c1-14-4-2-5-17(12-14)26-13-19(23)21-15-7-9-16(10-8-15)22-20(24)18-6-3-11-25-18/h2,4-5,7-10,12,18H,3,6,11,13H2,1H3,(H,21,23)(H,22,24)/t18-/m1/s1. The van der Waals surface area contributed by atoms with Gasteiger partial charge in [0, 0.05) is 18.0 Å². The molecule has 3 rings (SSSR count). The van der Waals surface area contributed by atoms with Gasteiger partial charge < -0.3 is 20.1 Å². The summed E-state index contributed by atoms with van der Waals surface area (Å²) in [6, 6.07) is 14.5. The molecule has 1 heterocycles. The fraction of sp³-hybridized carbons (Fsp3) is 0.300. The third-order valence-electron chi connectivity index (χ3n) is 4.02. The first-order valence-corrected chi connectivity index (χ1v) is 8.62. The highest BCUT2D eigenvalue weighted by molar-refractivity contribution is 5.95. The van der Waals surface area contributed by atoms with Crippen LogP contribution in [0.1, 0.15) is 18.4 Å². The number of aryl methyl sites for hydroxylation is 1. The van der Waals surface area contributed by atoms with Gasteiger partial charge in [0.1, 0.15) is 11.9 Å². The van der Waals surface area contributed by atoms with Gasteiger partial charge in [0.25, 0.3) is 11.8 Å². The van der Waals surface area contributed by atoms with Crippen LogP contribution >= 0.6 is 0 Å². The largest absolute Gasteiger partial charge is 0.484 e. The summed E-state index contributed by atoms with van der Waals surface area (Å²) in [5.74, 6) is 0.279. The van der Waals surface area contributed by atoms with Crippen molar-refractivity contribution in [2.75, 3.05) is 23.8 Å². The molecule has 2 aromatic carbocycles. The third-order valence-corrected chi connectivity index (χ3v) is 4.02. The summed E-state index contributed by atoms with van der Waals surface area (Å²) >= 11 is 0.